The Morgan fingerprint density at radius 3 is 2.55 bits per heavy atom. The molecule has 2 rings (SSSR count). The molecule has 2 aliphatic rings. The molecule has 0 radical (unpaired) electrons. The molecular weight excluding hydrogens is 140 g/mol. The predicted molar refractivity (Wildman–Crippen MR) is 41.2 cm³/mol. The number of aliphatic carboxylic acids is 1. The van der Waals surface area contributed by atoms with E-state index in [0.717, 1.165) is 18.8 Å². The molecule has 0 heterocycles. The second kappa shape index (κ2) is 1.99. The third-order valence-electron chi connectivity index (χ3n) is 3.64. The molecule has 2 bridgehead atoms. The monoisotopic (exact) mass is 154 g/mol. The molecule has 0 aromatic heterocycles. The standard InChI is InChI=1S/C9H14O2/c1-9(8(10)11)5-6-2-3-7(9)4-6/h6-7H,2-5H2,1H3,(H,10,11). The predicted octanol–water partition coefficient (Wildman–Crippen LogP) is 1.90. The van der Waals surface area contributed by atoms with E-state index in [1.165, 1.54) is 12.8 Å². The van der Waals surface area contributed by atoms with Crippen LogP contribution in [0.25, 0.3) is 0 Å². The average molecular weight is 154 g/mol. The van der Waals surface area contributed by atoms with Gasteiger partial charge in [0.2, 0.25) is 0 Å². The zero-order valence-electron chi connectivity index (χ0n) is 6.84. The molecule has 0 aromatic carbocycles. The van der Waals surface area contributed by atoms with Gasteiger partial charge in [-0.25, -0.2) is 0 Å². The van der Waals surface area contributed by atoms with Gasteiger partial charge in [-0.15, -0.1) is 0 Å². The van der Waals surface area contributed by atoms with Crippen LogP contribution in [0.4, 0.5) is 0 Å². The maximum Gasteiger partial charge on any atom is 0.309 e. The summed E-state index contributed by atoms with van der Waals surface area (Å²) in [6.07, 6.45) is 4.51. The van der Waals surface area contributed by atoms with Crippen LogP contribution in [0.1, 0.15) is 32.6 Å². The lowest BCUT2D eigenvalue weighted by Gasteiger charge is -2.28. The Morgan fingerprint density at radius 1 is 1.55 bits per heavy atom. The van der Waals surface area contributed by atoms with Crippen molar-refractivity contribution < 1.29 is 9.90 Å². The van der Waals surface area contributed by atoms with Crippen molar-refractivity contribution in [2.75, 3.05) is 0 Å². The summed E-state index contributed by atoms with van der Waals surface area (Å²) in [5.41, 5.74) is -0.372. The quantitative estimate of drug-likeness (QED) is 0.626. The normalized spacial score (nSPS) is 48.1. The van der Waals surface area contributed by atoms with Gasteiger partial charge in [-0.1, -0.05) is 6.42 Å². The van der Waals surface area contributed by atoms with Crippen LogP contribution in [0.3, 0.4) is 0 Å². The summed E-state index contributed by atoms with van der Waals surface area (Å²) in [6, 6.07) is 0. The summed E-state index contributed by atoms with van der Waals surface area (Å²) in [7, 11) is 0. The molecule has 3 atom stereocenters. The van der Waals surface area contributed by atoms with Crippen molar-refractivity contribution in [1.29, 1.82) is 0 Å². The Hall–Kier alpha value is -0.530. The van der Waals surface area contributed by atoms with Crippen molar-refractivity contribution in [2.45, 2.75) is 32.6 Å². The Labute approximate surface area is 66.6 Å². The Kier molecular flexibility index (Phi) is 1.29. The first-order valence-corrected chi connectivity index (χ1v) is 4.36. The van der Waals surface area contributed by atoms with Crippen LogP contribution >= 0.6 is 0 Å². The second-order valence-electron chi connectivity index (χ2n) is 4.30. The van der Waals surface area contributed by atoms with Crippen LogP contribution in [-0.2, 0) is 4.79 Å². The van der Waals surface area contributed by atoms with Gasteiger partial charge >= 0.3 is 5.97 Å². The molecular formula is C9H14O2. The van der Waals surface area contributed by atoms with Gasteiger partial charge in [0.25, 0.3) is 0 Å². The van der Waals surface area contributed by atoms with E-state index in [1.807, 2.05) is 6.92 Å². The maximum atomic E-state index is 10.9. The topological polar surface area (TPSA) is 37.3 Å². The lowest BCUT2D eigenvalue weighted by atomic mass is 9.75. The van der Waals surface area contributed by atoms with Crippen molar-refractivity contribution in [3.8, 4) is 0 Å². The summed E-state index contributed by atoms with van der Waals surface area (Å²) in [4.78, 5) is 10.9. The first-order valence-electron chi connectivity index (χ1n) is 4.36. The summed E-state index contributed by atoms with van der Waals surface area (Å²) in [5.74, 6) is 0.621. The largest absolute Gasteiger partial charge is 0.481 e. The maximum absolute atomic E-state index is 10.9. The highest BCUT2D eigenvalue weighted by atomic mass is 16.4. The molecule has 0 saturated heterocycles. The number of carboxylic acid groups (broad SMARTS) is 1. The second-order valence-corrected chi connectivity index (χ2v) is 4.30. The molecule has 0 spiro atoms. The minimum Gasteiger partial charge on any atom is -0.481 e. The molecule has 2 aliphatic carbocycles. The first kappa shape index (κ1) is 7.14. The Balaban J connectivity index is 2.23. The van der Waals surface area contributed by atoms with E-state index in [0.29, 0.717) is 5.92 Å². The van der Waals surface area contributed by atoms with Gasteiger partial charge in [-0.2, -0.15) is 0 Å². The van der Waals surface area contributed by atoms with E-state index >= 15 is 0 Å². The van der Waals surface area contributed by atoms with Gasteiger partial charge in [0, 0.05) is 0 Å². The van der Waals surface area contributed by atoms with Gasteiger partial charge in [0.1, 0.15) is 0 Å². The molecule has 0 amide bonds. The highest BCUT2D eigenvalue weighted by Crippen LogP contribution is 2.55. The molecule has 2 nitrogen and oxygen atoms in total. The third-order valence-corrected chi connectivity index (χ3v) is 3.64. The van der Waals surface area contributed by atoms with Crippen LogP contribution in [0, 0.1) is 17.3 Å². The lowest BCUT2D eigenvalue weighted by Crippen LogP contribution is -2.32. The smallest absolute Gasteiger partial charge is 0.309 e. The van der Waals surface area contributed by atoms with Crippen LogP contribution in [0.5, 0.6) is 0 Å². The van der Waals surface area contributed by atoms with Crippen LogP contribution in [0.15, 0.2) is 0 Å². The number of rotatable bonds is 1. The summed E-state index contributed by atoms with van der Waals surface area (Å²) < 4.78 is 0. The van der Waals surface area contributed by atoms with E-state index in [9.17, 15) is 4.79 Å². The number of carbonyl (C=O) groups is 1. The fourth-order valence-corrected chi connectivity index (χ4v) is 2.87. The molecule has 2 fully saturated rings. The Morgan fingerprint density at radius 2 is 2.27 bits per heavy atom. The van der Waals surface area contributed by atoms with Crippen LogP contribution in [-0.4, -0.2) is 11.1 Å². The van der Waals surface area contributed by atoms with Gasteiger partial charge in [-0.3, -0.25) is 4.79 Å². The van der Waals surface area contributed by atoms with Gasteiger partial charge in [-0.05, 0) is 38.0 Å². The molecule has 2 saturated carbocycles. The molecule has 3 unspecified atom stereocenters. The number of carboxylic acids is 1. The minimum absolute atomic E-state index is 0.372. The summed E-state index contributed by atoms with van der Waals surface area (Å²) in [6.45, 7) is 1.92. The van der Waals surface area contributed by atoms with Gasteiger partial charge in [0.05, 0.1) is 5.41 Å². The molecule has 0 aromatic rings. The third kappa shape index (κ3) is 0.815. The van der Waals surface area contributed by atoms with E-state index < -0.39 is 5.97 Å². The number of fused-ring (bicyclic) bond motifs is 2. The number of hydrogen-bond donors (Lipinski definition) is 1. The van der Waals surface area contributed by atoms with E-state index in [-0.39, 0.29) is 5.41 Å². The lowest BCUT2D eigenvalue weighted by molar-refractivity contribution is -0.151. The Bertz CT molecular complexity index is 200. The van der Waals surface area contributed by atoms with Crippen molar-refractivity contribution in [3.63, 3.8) is 0 Å². The molecule has 0 aliphatic heterocycles. The van der Waals surface area contributed by atoms with Crippen molar-refractivity contribution >= 4 is 5.97 Å². The fraction of sp³-hybridized carbons (Fsp3) is 0.889. The van der Waals surface area contributed by atoms with Crippen molar-refractivity contribution in [3.05, 3.63) is 0 Å². The minimum atomic E-state index is -0.579. The van der Waals surface area contributed by atoms with Crippen molar-refractivity contribution in [2.24, 2.45) is 17.3 Å². The van der Waals surface area contributed by atoms with E-state index in [4.69, 9.17) is 5.11 Å². The number of hydrogen-bond acceptors (Lipinski definition) is 1. The van der Waals surface area contributed by atoms with Crippen LogP contribution < -0.4 is 0 Å². The van der Waals surface area contributed by atoms with E-state index in [2.05, 4.69) is 0 Å². The van der Waals surface area contributed by atoms with Crippen LogP contribution in [0.2, 0.25) is 0 Å². The SMILES string of the molecule is CC1(C(=O)O)CC2CCC1C2. The molecule has 11 heavy (non-hydrogen) atoms. The highest BCUT2D eigenvalue weighted by Gasteiger charge is 2.52. The highest BCUT2D eigenvalue weighted by molar-refractivity contribution is 5.75. The molecule has 1 N–H and O–H groups in total. The molecule has 2 heteroatoms. The fourth-order valence-electron chi connectivity index (χ4n) is 2.87. The average Bonchev–Trinajstić information content (AvgIpc) is 2.45. The summed E-state index contributed by atoms with van der Waals surface area (Å²) in [5, 5.41) is 8.99. The molecule has 62 valence electrons. The zero-order chi connectivity index (χ0) is 8.06. The van der Waals surface area contributed by atoms with Crippen molar-refractivity contribution in [1.82, 2.24) is 0 Å². The zero-order valence-corrected chi connectivity index (χ0v) is 6.84. The first-order chi connectivity index (χ1) is 5.13. The van der Waals surface area contributed by atoms with E-state index in [1.54, 1.807) is 0 Å². The van der Waals surface area contributed by atoms with Gasteiger partial charge < -0.3 is 5.11 Å². The van der Waals surface area contributed by atoms with Gasteiger partial charge in [0.15, 0.2) is 0 Å². The summed E-state index contributed by atoms with van der Waals surface area (Å²) >= 11 is 0.